The molecule has 0 aromatic heterocycles. The highest BCUT2D eigenvalue weighted by molar-refractivity contribution is 4.82. The van der Waals surface area contributed by atoms with Crippen LogP contribution in [0.5, 0.6) is 0 Å². The van der Waals surface area contributed by atoms with Crippen LogP contribution in [0.2, 0.25) is 0 Å². The topological polar surface area (TPSA) is 30.5 Å². The van der Waals surface area contributed by atoms with E-state index in [1.165, 1.54) is 44.9 Å². The van der Waals surface area contributed by atoms with E-state index in [9.17, 15) is 0 Å². The van der Waals surface area contributed by atoms with E-state index in [2.05, 4.69) is 12.2 Å². The molecule has 0 aliphatic carbocycles. The first-order valence-electron chi connectivity index (χ1n) is 7.83. The molecule has 3 nitrogen and oxygen atoms in total. The Balaban J connectivity index is 1.82. The molecule has 0 saturated carbocycles. The van der Waals surface area contributed by atoms with Gasteiger partial charge in [0.15, 0.2) is 0 Å². The van der Waals surface area contributed by atoms with Crippen molar-refractivity contribution in [3.05, 3.63) is 0 Å². The maximum absolute atomic E-state index is 5.98. The third kappa shape index (κ3) is 4.52. The van der Waals surface area contributed by atoms with Crippen LogP contribution < -0.4 is 5.32 Å². The van der Waals surface area contributed by atoms with Gasteiger partial charge in [-0.15, -0.1) is 0 Å². The van der Waals surface area contributed by atoms with Gasteiger partial charge in [0.2, 0.25) is 0 Å². The maximum Gasteiger partial charge on any atom is 0.0728 e. The Morgan fingerprint density at radius 1 is 1.11 bits per heavy atom. The Morgan fingerprint density at radius 2 is 1.94 bits per heavy atom. The second-order valence-corrected chi connectivity index (χ2v) is 5.76. The summed E-state index contributed by atoms with van der Waals surface area (Å²) in [5.41, 5.74) is 0. The first kappa shape index (κ1) is 14.3. The predicted molar refractivity (Wildman–Crippen MR) is 73.8 cm³/mol. The Labute approximate surface area is 112 Å². The fourth-order valence-corrected chi connectivity index (χ4v) is 3.12. The molecule has 0 aromatic carbocycles. The van der Waals surface area contributed by atoms with Crippen LogP contribution in [0.25, 0.3) is 0 Å². The largest absolute Gasteiger partial charge is 0.381 e. The Kier molecular flexibility index (Phi) is 6.46. The Hall–Kier alpha value is -0.120. The third-order valence-corrected chi connectivity index (χ3v) is 4.25. The maximum atomic E-state index is 5.98. The average molecular weight is 255 g/mol. The number of nitrogens with one attached hydrogen (secondary N) is 1. The van der Waals surface area contributed by atoms with Gasteiger partial charge in [0, 0.05) is 25.9 Å². The SMILES string of the molecule is CCCNC(CC1CCOCC1)C1CCCCO1. The van der Waals surface area contributed by atoms with Crippen molar-refractivity contribution in [1.29, 1.82) is 0 Å². The molecule has 18 heavy (non-hydrogen) atoms. The molecule has 0 radical (unpaired) electrons. The van der Waals surface area contributed by atoms with Crippen LogP contribution in [0.1, 0.15) is 51.9 Å². The lowest BCUT2D eigenvalue weighted by Gasteiger charge is -2.34. The molecule has 106 valence electrons. The third-order valence-electron chi connectivity index (χ3n) is 4.25. The molecule has 2 heterocycles. The highest BCUT2D eigenvalue weighted by Crippen LogP contribution is 2.25. The minimum atomic E-state index is 0.452. The first-order chi connectivity index (χ1) is 8.90. The summed E-state index contributed by atoms with van der Waals surface area (Å²) in [5.74, 6) is 0.832. The van der Waals surface area contributed by atoms with Gasteiger partial charge >= 0.3 is 0 Å². The zero-order valence-corrected chi connectivity index (χ0v) is 11.8. The normalized spacial score (nSPS) is 28.2. The Bertz CT molecular complexity index is 211. The first-order valence-corrected chi connectivity index (χ1v) is 7.83. The molecule has 2 fully saturated rings. The molecular weight excluding hydrogens is 226 g/mol. The number of rotatable bonds is 6. The molecule has 2 atom stereocenters. The van der Waals surface area contributed by atoms with Crippen LogP contribution in [-0.4, -0.2) is 38.5 Å². The Morgan fingerprint density at radius 3 is 2.61 bits per heavy atom. The average Bonchev–Trinajstić information content (AvgIpc) is 2.45. The number of ether oxygens (including phenoxy) is 2. The van der Waals surface area contributed by atoms with Crippen molar-refractivity contribution >= 4 is 0 Å². The summed E-state index contributed by atoms with van der Waals surface area (Å²) in [6, 6.07) is 0.563. The quantitative estimate of drug-likeness (QED) is 0.791. The molecule has 2 rings (SSSR count). The van der Waals surface area contributed by atoms with Crippen molar-refractivity contribution in [3.8, 4) is 0 Å². The molecule has 0 spiro atoms. The van der Waals surface area contributed by atoms with Crippen LogP contribution in [0.15, 0.2) is 0 Å². The minimum Gasteiger partial charge on any atom is -0.381 e. The fraction of sp³-hybridized carbons (Fsp3) is 1.00. The van der Waals surface area contributed by atoms with Gasteiger partial charge in [-0.3, -0.25) is 0 Å². The van der Waals surface area contributed by atoms with Crippen LogP contribution in [0, 0.1) is 5.92 Å². The van der Waals surface area contributed by atoms with Gasteiger partial charge in [-0.25, -0.2) is 0 Å². The summed E-state index contributed by atoms with van der Waals surface area (Å²) < 4.78 is 11.4. The van der Waals surface area contributed by atoms with Crippen molar-refractivity contribution in [2.45, 2.75) is 64.0 Å². The standard InChI is InChI=1S/C15H29NO2/c1-2-8-16-14(15-5-3-4-9-18-15)12-13-6-10-17-11-7-13/h13-16H,2-12H2,1H3. The van der Waals surface area contributed by atoms with Crippen molar-refractivity contribution in [3.63, 3.8) is 0 Å². The fourth-order valence-electron chi connectivity index (χ4n) is 3.12. The highest BCUT2D eigenvalue weighted by Gasteiger charge is 2.27. The van der Waals surface area contributed by atoms with E-state index in [4.69, 9.17) is 9.47 Å². The molecule has 3 heteroatoms. The lowest BCUT2D eigenvalue weighted by atomic mass is 9.88. The lowest BCUT2D eigenvalue weighted by Crippen LogP contribution is -2.45. The molecule has 1 N–H and O–H groups in total. The van der Waals surface area contributed by atoms with Gasteiger partial charge < -0.3 is 14.8 Å². The monoisotopic (exact) mass is 255 g/mol. The minimum absolute atomic E-state index is 0.452. The van der Waals surface area contributed by atoms with E-state index < -0.39 is 0 Å². The van der Waals surface area contributed by atoms with Crippen LogP contribution in [0.3, 0.4) is 0 Å². The predicted octanol–water partition coefficient (Wildman–Crippen LogP) is 2.74. The smallest absolute Gasteiger partial charge is 0.0728 e. The van der Waals surface area contributed by atoms with E-state index in [1.54, 1.807) is 0 Å². The molecule has 2 unspecified atom stereocenters. The van der Waals surface area contributed by atoms with Crippen molar-refractivity contribution < 1.29 is 9.47 Å². The summed E-state index contributed by atoms with van der Waals surface area (Å²) in [4.78, 5) is 0. The summed E-state index contributed by atoms with van der Waals surface area (Å²) >= 11 is 0. The van der Waals surface area contributed by atoms with Crippen molar-refractivity contribution in [1.82, 2.24) is 5.32 Å². The van der Waals surface area contributed by atoms with Crippen molar-refractivity contribution in [2.24, 2.45) is 5.92 Å². The molecule has 2 aliphatic rings. The van der Waals surface area contributed by atoms with E-state index in [0.29, 0.717) is 12.1 Å². The molecule has 0 bridgehead atoms. The van der Waals surface area contributed by atoms with E-state index in [1.807, 2.05) is 0 Å². The van der Waals surface area contributed by atoms with Gasteiger partial charge in [-0.05, 0) is 57.4 Å². The van der Waals surface area contributed by atoms with Gasteiger partial charge in [0.05, 0.1) is 6.10 Å². The summed E-state index contributed by atoms with van der Waals surface area (Å²) in [5, 5.41) is 3.72. The van der Waals surface area contributed by atoms with E-state index in [-0.39, 0.29) is 0 Å². The van der Waals surface area contributed by atoms with Crippen molar-refractivity contribution in [2.75, 3.05) is 26.4 Å². The van der Waals surface area contributed by atoms with Gasteiger partial charge in [0.25, 0.3) is 0 Å². The van der Waals surface area contributed by atoms with Crippen LogP contribution in [0.4, 0.5) is 0 Å². The summed E-state index contributed by atoms with van der Waals surface area (Å²) in [6.45, 7) is 6.23. The van der Waals surface area contributed by atoms with Crippen LogP contribution in [-0.2, 0) is 9.47 Å². The summed E-state index contributed by atoms with van der Waals surface area (Å²) in [6.07, 6.45) is 9.22. The summed E-state index contributed by atoms with van der Waals surface area (Å²) in [7, 11) is 0. The molecule has 2 saturated heterocycles. The number of hydrogen-bond acceptors (Lipinski definition) is 3. The van der Waals surface area contributed by atoms with Gasteiger partial charge in [0.1, 0.15) is 0 Å². The van der Waals surface area contributed by atoms with E-state index in [0.717, 1.165) is 32.3 Å². The zero-order valence-electron chi connectivity index (χ0n) is 11.8. The molecule has 2 aliphatic heterocycles. The van der Waals surface area contributed by atoms with E-state index >= 15 is 0 Å². The second kappa shape index (κ2) is 8.13. The molecule has 0 amide bonds. The van der Waals surface area contributed by atoms with Crippen LogP contribution >= 0.6 is 0 Å². The highest BCUT2D eigenvalue weighted by atomic mass is 16.5. The zero-order chi connectivity index (χ0) is 12.6. The second-order valence-electron chi connectivity index (χ2n) is 5.76. The molecule has 0 aromatic rings. The molecular formula is C15H29NO2. The van der Waals surface area contributed by atoms with Gasteiger partial charge in [-0.1, -0.05) is 6.92 Å². The van der Waals surface area contributed by atoms with Gasteiger partial charge in [-0.2, -0.15) is 0 Å². The number of hydrogen-bond donors (Lipinski definition) is 1. The lowest BCUT2D eigenvalue weighted by molar-refractivity contribution is -0.0187.